The molecule has 0 spiro atoms. The van der Waals surface area contributed by atoms with Gasteiger partial charge in [-0.05, 0) is 32.9 Å². The van der Waals surface area contributed by atoms with Crippen molar-refractivity contribution < 1.29 is 0 Å². The summed E-state index contributed by atoms with van der Waals surface area (Å²) in [6.07, 6.45) is 1.19. The molecule has 118 valence electrons. The van der Waals surface area contributed by atoms with Gasteiger partial charge in [-0.1, -0.05) is 0 Å². The lowest BCUT2D eigenvalue weighted by atomic mass is 10.4. The zero-order valence-corrected chi connectivity index (χ0v) is 14.1. The SMILES string of the molecule is CCNc1nc(N(CC)CC)nc(N2CCCSCC2)n1. The van der Waals surface area contributed by atoms with Crippen molar-refractivity contribution in [3.63, 3.8) is 0 Å². The number of anilines is 3. The van der Waals surface area contributed by atoms with Crippen LogP contribution < -0.4 is 15.1 Å². The van der Waals surface area contributed by atoms with Gasteiger partial charge in [-0.15, -0.1) is 0 Å². The van der Waals surface area contributed by atoms with Gasteiger partial charge in [-0.25, -0.2) is 0 Å². The minimum atomic E-state index is 0.682. The normalized spacial score (nSPS) is 15.7. The van der Waals surface area contributed by atoms with E-state index in [0.29, 0.717) is 5.95 Å². The Morgan fingerprint density at radius 2 is 1.90 bits per heavy atom. The van der Waals surface area contributed by atoms with Crippen molar-refractivity contribution in [2.45, 2.75) is 27.2 Å². The molecule has 0 aromatic carbocycles. The summed E-state index contributed by atoms with van der Waals surface area (Å²) in [6, 6.07) is 0. The van der Waals surface area contributed by atoms with E-state index in [4.69, 9.17) is 4.98 Å². The molecule has 0 saturated carbocycles. The van der Waals surface area contributed by atoms with E-state index in [1.165, 1.54) is 12.2 Å². The second-order valence-corrected chi connectivity index (χ2v) is 6.14. The molecular formula is C14H26N6S. The fourth-order valence-corrected chi connectivity index (χ4v) is 3.21. The Bertz CT molecular complexity index is 429. The Labute approximate surface area is 131 Å². The van der Waals surface area contributed by atoms with Gasteiger partial charge in [-0.2, -0.15) is 26.7 Å². The molecule has 1 aromatic rings. The first kappa shape index (κ1) is 16.1. The molecule has 0 aliphatic carbocycles. The zero-order chi connectivity index (χ0) is 15.1. The molecule has 1 saturated heterocycles. The predicted molar refractivity (Wildman–Crippen MR) is 91.7 cm³/mol. The second kappa shape index (κ2) is 8.26. The molecule has 0 amide bonds. The molecule has 0 unspecified atom stereocenters. The van der Waals surface area contributed by atoms with Crippen LogP contribution in [0.1, 0.15) is 27.2 Å². The number of nitrogens with one attached hydrogen (secondary N) is 1. The van der Waals surface area contributed by atoms with Crippen LogP contribution in [0.15, 0.2) is 0 Å². The highest BCUT2D eigenvalue weighted by Crippen LogP contribution is 2.19. The van der Waals surface area contributed by atoms with Crippen LogP contribution in [0, 0.1) is 0 Å². The lowest BCUT2D eigenvalue weighted by Crippen LogP contribution is -2.30. The maximum atomic E-state index is 4.70. The number of thioether (sulfide) groups is 1. The van der Waals surface area contributed by atoms with Crippen molar-refractivity contribution in [2.75, 3.05) is 59.3 Å². The standard InChI is InChI=1S/C14H26N6S/c1-4-15-12-16-13(19(5-2)6-3)18-14(17-12)20-8-7-10-21-11-9-20/h4-11H2,1-3H3,(H,15,16,17,18). The minimum Gasteiger partial charge on any atom is -0.354 e. The molecule has 6 nitrogen and oxygen atoms in total. The quantitative estimate of drug-likeness (QED) is 0.863. The molecule has 1 aromatic heterocycles. The highest BCUT2D eigenvalue weighted by atomic mass is 32.2. The van der Waals surface area contributed by atoms with Gasteiger partial charge in [-0.3, -0.25) is 0 Å². The Morgan fingerprint density at radius 3 is 2.62 bits per heavy atom. The van der Waals surface area contributed by atoms with Crippen LogP contribution in [-0.4, -0.2) is 59.2 Å². The van der Waals surface area contributed by atoms with E-state index >= 15 is 0 Å². The zero-order valence-electron chi connectivity index (χ0n) is 13.3. The summed E-state index contributed by atoms with van der Waals surface area (Å²) in [5.74, 6) is 4.64. The summed E-state index contributed by atoms with van der Waals surface area (Å²) >= 11 is 2.01. The number of rotatable bonds is 6. The lowest BCUT2D eigenvalue weighted by Gasteiger charge is -2.24. The first-order chi connectivity index (χ1) is 10.3. The first-order valence-corrected chi connectivity index (χ1v) is 9.01. The fourth-order valence-electron chi connectivity index (χ4n) is 2.33. The highest BCUT2D eigenvalue weighted by molar-refractivity contribution is 7.99. The summed E-state index contributed by atoms with van der Waals surface area (Å²) in [4.78, 5) is 18.3. The molecular weight excluding hydrogens is 284 g/mol. The van der Waals surface area contributed by atoms with Gasteiger partial charge in [0.2, 0.25) is 17.8 Å². The smallest absolute Gasteiger partial charge is 0.231 e. The van der Waals surface area contributed by atoms with Crippen molar-refractivity contribution in [3.8, 4) is 0 Å². The van der Waals surface area contributed by atoms with Gasteiger partial charge in [0.1, 0.15) is 0 Å². The summed E-state index contributed by atoms with van der Waals surface area (Å²) < 4.78 is 0. The van der Waals surface area contributed by atoms with E-state index in [9.17, 15) is 0 Å². The van der Waals surface area contributed by atoms with Crippen LogP contribution in [0.5, 0.6) is 0 Å². The monoisotopic (exact) mass is 310 g/mol. The van der Waals surface area contributed by atoms with Crippen molar-refractivity contribution in [2.24, 2.45) is 0 Å². The van der Waals surface area contributed by atoms with E-state index in [1.54, 1.807) is 0 Å². The molecule has 21 heavy (non-hydrogen) atoms. The third-order valence-corrected chi connectivity index (χ3v) is 4.55. The van der Waals surface area contributed by atoms with E-state index in [1.807, 2.05) is 11.8 Å². The van der Waals surface area contributed by atoms with Crippen molar-refractivity contribution >= 4 is 29.6 Å². The van der Waals surface area contributed by atoms with Gasteiger partial charge in [0, 0.05) is 38.5 Å². The topological polar surface area (TPSA) is 57.2 Å². The molecule has 0 atom stereocenters. The average molecular weight is 310 g/mol. The maximum absolute atomic E-state index is 4.70. The van der Waals surface area contributed by atoms with Crippen LogP contribution in [0.4, 0.5) is 17.8 Å². The largest absolute Gasteiger partial charge is 0.354 e. The second-order valence-electron chi connectivity index (χ2n) is 4.91. The van der Waals surface area contributed by atoms with Crippen LogP contribution in [-0.2, 0) is 0 Å². The van der Waals surface area contributed by atoms with E-state index in [2.05, 4.69) is 45.9 Å². The Kier molecular flexibility index (Phi) is 6.35. The summed E-state index contributed by atoms with van der Waals surface area (Å²) in [5, 5.41) is 3.23. The van der Waals surface area contributed by atoms with Crippen molar-refractivity contribution in [3.05, 3.63) is 0 Å². The Morgan fingerprint density at radius 1 is 1.10 bits per heavy atom. The summed E-state index contributed by atoms with van der Waals surface area (Å²) in [7, 11) is 0. The number of hydrogen-bond acceptors (Lipinski definition) is 7. The van der Waals surface area contributed by atoms with Gasteiger partial charge in [0.05, 0.1) is 0 Å². The molecule has 1 fully saturated rings. The molecule has 1 aliphatic heterocycles. The Hall–Kier alpha value is -1.24. The lowest BCUT2D eigenvalue weighted by molar-refractivity contribution is 0.758. The number of hydrogen-bond donors (Lipinski definition) is 1. The highest BCUT2D eigenvalue weighted by Gasteiger charge is 2.17. The van der Waals surface area contributed by atoms with Gasteiger partial charge in [0.25, 0.3) is 0 Å². The van der Waals surface area contributed by atoms with Gasteiger partial charge >= 0.3 is 0 Å². The number of nitrogens with zero attached hydrogens (tertiary/aromatic N) is 5. The third kappa shape index (κ3) is 4.36. The summed E-state index contributed by atoms with van der Waals surface area (Å²) in [6.45, 7) is 11.0. The van der Waals surface area contributed by atoms with Gasteiger partial charge in [0.15, 0.2) is 0 Å². The van der Waals surface area contributed by atoms with Crippen LogP contribution in [0.2, 0.25) is 0 Å². The average Bonchev–Trinajstić information content (AvgIpc) is 2.78. The van der Waals surface area contributed by atoms with E-state index in [-0.39, 0.29) is 0 Å². The summed E-state index contributed by atoms with van der Waals surface area (Å²) in [5.41, 5.74) is 0. The van der Waals surface area contributed by atoms with E-state index < -0.39 is 0 Å². The molecule has 7 heteroatoms. The molecule has 0 bridgehead atoms. The van der Waals surface area contributed by atoms with Crippen LogP contribution >= 0.6 is 11.8 Å². The fraction of sp³-hybridized carbons (Fsp3) is 0.786. The van der Waals surface area contributed by atoms with Crippen molar-refractivity contribution in [1.82, 2.24) is 15.0 Å². The van der Waals surface area contributed by atoms with E-state index in [0.717, 1.165) is 50.4 Å². The van der Waals surface area contributed by atoms with Gasteiger partial charge < -0.3 is 15.1 Å². The van der Waals surface area contributed by atoms with Crippen LogP contribution in [0.25, 0.3) is 0 Å². The molecule has 2 heterocycles. The number of aromatic nitrogens is 3. The molecule has 1 N–H and O–H groups in total. The van der Waals surface area contributed by atoms with Crippen LogP contribution in [0.3, 0.4) is 0 Å². The van der Waals surface area contributed by atoms with Crippen molar-refractivity contribution in [1.29, 1.82) is 0 Å². The molecule has 0 radical (unpaired) electrons. The maximum Gasteiger partial charge on any atom is 0.231 e. The first-order valence-electron chi connectivity index (χ1n) is 7.86. The predicted octanol–water partition coefficient (Wildman–Crippen LogP) is 2.09. The third-order valence-electron chi connectivity index (χ3n) is 3.50. The minimum absolute atomic E-state index is 0.682. The molecule has 1 aliphatic rings. The Balaban J connectivity index is 2.29. The molecule has 2 rings (SSSR count).